The van der Waals surface area contributed by atoms with E-state index >= 15 is 0 Å². The molecule has 1 saturated heterocycles. The predicted octanol–water partition coefficient (Wildman–Crippen LogP) is 2.28. The molecule has 1 heterocycles. The van der Waals surface area contributed by atoms with Crippen molar-refractivity contribution < 1.29 is 9.84 Å². The molecule has 0 aromatic heterocycles. The first-order valence-electron chi connectivity index (χ1n) is 7.44. The number of aliphatic hydroxyl groups excluding tert-OH is 1. The molecule has 4 atom stereocenters. The highest BCUT2D eigenvalue weighted by atomic mass is 16.5. The van der Waals surface area contributed by atoms with E-state index in [9.17, 15) is 5.11 Å². The maximum atomic E-state index is 10.5. The Morgan fingerprint density at radius 2 is 2.06 bits per heavy atom. The molecule has 0 amide bonds. The van der Waals surface area contributed by atoms with Crippen molar-refractivity contribution in [2.45, 2.75) is 65.2 Å². The summed E-state index contributed by atoms with van der Waals surface area (Å²) in [5.41, 5.74) is 0.0874. The minimum Gasteiger partial charge on any atom is -0.392 e. The smallest absolute Gasteiger partial charge is 0.0674 e. The van der Waals surface area contributed by atoms with Gasteiger partial charge in [-0.1, -0.05) is 20.3 Å². The molecule has 0 bridgehead atoms. The maximum absolute atomic E-state index is 10.5. The van der Waals surface area contributed by atoms with E-state index in [1.807, 2.05) is 0 Å². The van der Waals surface area contributed by atoms with E-state index in [1.54, 1.807) is 0 Å². The summed E-state index contributed by atoms with van der Waals surface area (Å²) in [5, 5.41) is 10.5. The number of morpholine rings is 1. The zero-order valence-electron chi connectivity index (χ0n) is 12.4. The van der Waals surface area contributed by atoms with E-state index in [2.05, 4.69) is 32.6 Å². The number of ether oxygens (including phenoxy) is 1. The summed E-state index contributed by atoms with van der Waals surface area (Å²) in [5.74, 6) is 0.432. The average Bonchev–Trinajstić information content (AvgIpc) is 2.30. The van der Waals surface area contributed by atoms with E-state index in [0.717, 1.165) is 26.1 Å². The average molecular weight is 255 g/mol. The summed E-state index contributed by atoms with van der Waals surface area (Å²) < 4.78 is 5.67. The van der Waals surface area contributed by atoms with Crippen molar-refractivity contribution in [3.63, 3.8) is 0 Å². The number of rotatable bonds is 2. The molecule has 2 rings (SSSR count). The minimum absolute atomic E-state index is 0.0874. The van der Waals surface area contributed by atoms with Crippen LogP contribution < -0.4 is 0 Å². The van der Waals surface area contributed by atoms with Crippen LogP contribution in [0.25, 0.3) is 0 Å². The van der Waals surface area contributed by atoms with Crippen LogP contribution in [0.15, 0.2) is 0 Å². The fourth-order valence-electron chi connectivity index (χ4n) is 3.48. The first-order chi connectivity index (χ1) is 8.40. The highest BCUT2D eigenvalue weighted by Crippen LogP contribution is 2.39. The van der Waals surface area contributed by atoms with Gasteiger partial charge in [0.25, 0.3) is 0 Å². The molecule has 0 aromatic carbocycles. The SMILES string of the molecule is CC1CN(CC2CCCC(C)(C)C2O)C(C)CO1. The van der Waals surface area contributed by atoms with Crippen LogP contribution in [0.4, 0.5) is 0 Å². The number of hydrogen-bond donors (Lipinski definition) is 1. The fourth-order valence-corrected chi connectivity index (χ4v) is 3.48. The Balaban J connectivity index is 1.95. The Labute approximate surface area is 112 Å². The first-order valence-corrected chi connectivity index (χ1v) is 7.44. The lowest BCUT2D eigenvalue weighted by atomic mass is 9.69. The lowest BCUT2D eigenvalue weighted by Crippen LogP contribution is -2.52. The van der Waals surface area contributed by atoms with Crippen molar-refractivity contribution in [2.75, 3.05) is 19.7 Å². The van der Waals surface area contributed by atoms with Crippen molar-refractivity contribution >= 4 is 0 Å². The largest absolute Gasteiger partial charge is 0.392 e. The van der Waals surface area contributed by atoms with Crippen LogP contribution in [0.1, 0.15) is 47.0 Å². The second kappa shape index (κ2) is 5.48. The van der Waals surface area contributed by atoms with Crippen LogP contribution in [0.2, 0.25) is 0 Å². The molecule has 0 radical (unpaired) electrons. The summed E-state index contributed by atoms with van der Waals surface area (Å²) in [4.78, 5) is 2.50. The Kier molecular flexibility index (Phi) is 4.35. The summed E-state index contributed by atoms with van der Waals surface area (Å²) in [6.07, 6.45) is 3.75. The first kappa shape index (κ1) is 14.3. The van der Waals surface area contributed by atoms with Crippen molar-refractivity contribution in [1.82, 2.24) is 4.90 Å². The molecule has 0 spiro atoms. The second-order valence-electron chi connectivity index (χ2n) is 7.03. The summed E-state index contributed by atoms with van der Waals surface area (Å²) >= 11 is 0. The zero-order chi connectivity index (χ0) is 13.3. The van der Waals surface area contributed by atoms with Gasteiger partial charge in [0.15, 0.2) is 0 Å². The van der Waals surface area contributed by atoms with Crippen molar-refractivity contribution in [3.05, 3.63) is 0 Å². The van der Waals surface area contributed by atoms with Crippen LogP contribution in [-0.4, -0.2) is 48.0 Å². The molecular weight excluding hydrogens is 226 g/mol. The molecule has 2 fully saturated rings. The van der Waals surface area contributed by atoms with Gasteiger partial charge in [-0.3, -0.25) is 4.90 Å². The number of hydrogen-bond acceptors (Lipinski definition) is 3. The Morgan fingerprint density at radius 1 is 1.33 bits per heavy atom. The van der Waals surface area contributed by atoms with E-state index in [1.165, 1.54) is 12.8 Å². The molecule has 0 aromatic rings. The zero-order valence-corrected chi connectivity index (χ0v) is 12.4. The van der Waals surface area contributed by atoms with Crippen LogP contribution in [0.5, 0.6) is 0 Å². The van der Waals surface area contributed by atoms with Gasteiger partial charge in [0.2, 0.25) is 0 Å². The van der Waals surface area contributed by atoms with E-state index in [4.69, 9.17) is 4.74 Å². The van der Waals surface area contributed by atoms with Crippen molar-refractivity contribution in [2.24, 2.45) is 11.3 Å². The quantitative estimate of drug-likeness (QED) is 0.821. The van der Waals surface area contributed by atoms with Crippen molar-refractivity contribution in [3.8, 4) is 0 Å². The van der Waals surface area contributed by atoms with Crippen LogP contribution in [0, 0.1) is 11.3 Å². The molecule has 1 saturated carbocycles. The Hall–Kier alpha value is -0.120. The minimum atomic E-state index is -0.156. The summed E-state index contributed by atoms with van der Waals surface area (Å²) in [6.45, 7) is 11.6. The summed E-state index contributed by atoms with van der Waals surface area (Å²) in [6, 6.07) is 0.485. The highest BCUT2D eigenvalue weighted by Gasteiger charge is 2.39. The standard InChI is InChI=1S/C15H29NO2/c1-11-10-18-12(2)8-16(11)9-13-6-5-7-15(3,4)14(13)17/h11-14,17H,5-10H2,1-4H3. The van der Waals surface area contributed by atoms with Gasteiger partial charge in [0, 0.05) is 19.1 Å². The second-order valence-corrected chi connectivity index (χ2v) is 7.03. The van der Waals surface area contributed by atoms with E-state index in [0.29, 0.717) is 18.1 Å². The van der Waals surface area contributed by atoms with Crippen molar-refractivity contribution in [1.29, 1.82) is 0 Å². The summed E-state index contributed by atoms with van der Waals surface area (Å²) in [7, 11) is 0. The van der Waals surface area contributed by atoms with E-state index in [-0.39, 0.29) is 11.5 Å². The molecule has 18 heavy (non-hydrogen) atoms. The third-order valence-electron chi connectivity index (χ3n) is 4.85. The lowest BCUT2D eigenvalue weighted by molar-refractivity contribution is -0.0837. The molecule has 1 aliphatic carbocycles. The fraction of sp³-hybridized carbons (Fsp3) is 1.00. The highest BCUT2D eigenvalue weighted by molar-refractivity contribution is 4.90. The number of aliphatic hydroxyl groups is 1. The maximum Gasteiger partial charge on any atom is 0.0674 e. The number of nitrogens with zero attached hydrogens (tertiary/aromatic N) is 1. The van der Waals surface area contributed by atoms with E-state index < -0.39 is 0 Å². The lowest BCUT2D eigenvalue weighted by Gasteiger charge is -2.45. The van der Waals surface area contributed by atoms with Gasteiger partial charge in [-0.25, -0.2) is 0 Å². The van der Waals surface area contributed by atoms with Gasteiger partial charge >= 0.3 is 0 Å². The van der Waals surface area contributed by atoms with Crippen LogP contribution in [0.3, 0.4) is 0 Å². The third kappa shape index (κ3) is 3.06. The van der Waals surface area contributed by atoms with Gasteiger partial charge in [0.05, 0.1) is 18.8 Å². The van der Waals surface area contributed by atoms with Crippen LogP contribution >= 0.6 is 0 Å². The monoisotopic (exact) mass is 255 g/mol. The molecule has 4 unspecified atom stereocenters. The van der Waals surface area contributed by atoms with Gasteiger partial charge in [-0.15, -0.1) is 0 Å². The molecule has 3 heteroatoms. The van der Waals surface area contributed by atoms with Gasteiger partial charge in [-0.2, -0.15) is 0 Å². The molecule has 2 aliphatic rings. The third-order valence-corrected chi connectivity index (χ3v) is 4.85. The molecule has 3 nitrogen and oxygen atoms in total. The Bertz CT molecular complexity index is 280. The topological polar surface area (TPSA) is 32.7 Å². The molecule has 1 aliphatic heterocycles. The Morgan fingerprint density at radius 3 is 2.78 bits per heavy atom. The van der Waals surface area contributed by atoms with Crippen LogP contribution in [-0.2, 0) is 4.74 Å². The van der Waals surface area contributed by atoms with Gasteiger partial charge < -0.3 is 9.84 Å². The molecular formula is C15H29NO2. The molecule has 1 N–H and O–H groups in total. The normalized spacial score (nSPS) is 41.8. The molecule has 106 valence electrons. The van der Waals surface area contributed by atoms with Gasteiger partial charge in [0.1, 0.15) is 0 Å². The van der Waals surface area contributed by atoms with Gasteiger partial charge in [-0.05, 0) is 38.0 Å². The predicted molar refractivity (Wildman–Crippen MR) is 73.6 cm³/mol.